The molecule has 2 N–H and O–H groups in total. The minimum atomic E-state index is -4.36. The summed E-state index contributed by atoms with van der Waals surface area (Å²) in [7, 11) is 0. The van der Waals surface area contributed by atoms with Gasteiger partial charge in [0.1, 0.15) is 0 Å². The minimum Gasteiger partial charge on any atom is -0.348 e. The van der Waals surface area contributed by atoms with Crippen molar-refractivity contribution in [1.82, 2.24) is 5.32 Å². The molecule has 2 aromatic carbocycles. The Morgan fingerprint density at radius 2 is 1.74 bits per heavy atom. The van der Waals surface area contributed by atoms with Crippen molar-refractivity contribution in [3.05, 3.63) is 59.7 Å². The zero-order valence-corrected chi connectivity index (χ0v) is 15.6. The van der Waals surface area contributed by atoms with E-state index in [1.165, 1.54) is 24.3 Å². The van der Waals surface area contributed by atoms with Gasteiger partial charge in [0.05, 0.1) is 0 Å². The van der Waals surface area contributed by atoms with Crippen LogP contribution in [0.3, 0.4) is 0 Å². The number of hydrogen-bond acceptors (Lipinski definition) is 3. The topological polar surface area (TPSA) is 58.2 Å². The Morgan fingerprint density at radius 3 is 2.33 bits per heavy atom. The first-order valence-electron chi connectivity index (χ1n) is 8.18. The molecule has 0 atom stereocenters. The van der Waals surface area contributed by atoms with Crippen molar-refractivity contribution >= 4 is 29.3 Å². The molecule has 2 rings (SSSR count). The highest BCUT2D eigenvalue weighted by Gasteiger charge is 2.29. The van der Waals surface area contributed by atoms with Gasteiger partial charge in [0.15, 0.2) is 0 Å². The smallest absolute Gasteiger partial charge is 0.348 e. The first-order chi connectivity index (χ1) is 12.6. The van der Waals surface area contributed by atoms with Gasteiger partial charge < -0.3 is 10.6 Å². The highest BCUT2D eigenvalue weighted by molar-refractivity contribution is 8.00. The molecule has 0 saturated carbocycles. The maximum atomic E-state index is 12.3. The Balaban J connectivity index is 1.94. The molecule has 8 heteroatoms. The standard InChI is InChI=1S/C19H19F3N2O2S/c1-12(2)17(25)24-15-5-3-4-13(10-15)11-23-18(26)14-6-8-16(9-7-14)27-19(20,21)22/h3-10,12H,11H2,1-2H3,(H,23,26)(H,24,25). The molecule has 0 aliphatic carbocycles. The Kier molecular flexibility index (Phi) is 6.90. The largest absolute Gasteiger partial charge is 0.446 e. The molecule has 0 aromatic heterocycles. The Morgan fingerprint density at radius 1 is 1.07 bits per heavy atom. The van der Waals surface area contributed by atoms with Crippen molar-refractivity contribution in [2.45, 2.75) is 30.8 Å². The van der Waals surface area contributed by atoms with Gasteiger partial charge in [-0.25, -0.2) is 0 Å². The van der Waals surface area contributed by atoms with Crippen molar-refractivity contribution in [1.29, 1.82) is 0 Å². The van der Waals surface area contributed by atoms with Crippen molar-refractivity contribution in [2.75, 3.05) is 5.32 Å². The van der Waals surface area contributed by atoms with Gasteiger partial charge in [0.25, 0.3) is 5.91 Å². The molecular weight excluding hydrogens is 377 g/mol. The number of halogens is 3. The highest BCUT2D eigenvalue weighted by Crippen LogP contribution is 2.36. The van der Waals surface area contributed by atoms with Gasteiger partial charge in [-0.1, -0.05) is 26.0 Å². The first kappa shape index (κ1) is 20.8. The van der Waals surface area contributed by atoms with E-state index in [1.54, 1.807) is 38.1 Å². The number of hydrogen-bond donors (Lipinski definition) is 2. The molecule has 0 bridgehead atoms. The molecular formula is C19H19F3N2O2S. The third kappa shape index (κ3) is 6.97. The maximum absolute atomic E-state index is 12.3. The molecule has 4 nitrogen and oxygen atoms in total. The fraction of sp³-hybridized carbons (Fsp3) is 0.263. The number of amides is 2. The van der Waals surface area contributed by atoms with E-state index in [-0.39, 0.29) is 40.6 Å². The van der Waals surface area contributed by atoms with Crippen LogP contribution in [0.1, 0.15) is 29.8 Å². The van der Waals surface area contributed by atoms with E-state index in [4.69, 9.17) is 0 Å². The van der Waals surface area contributed by atoms with E-state index in [0.717, 1.165) is 5.56 Å². The molecule has 27 heavy (non-hydrogen) atoms. The molecule has 0 aliphatic rings. The summed E-state index contributed by atoms with van der Waals surface area (Å²) >= 11 is -0.227. The molecule has 2 aromatic rings. The van der Waals surface area contributed by atoms with Crippen LogP contribution in [-0.4, -0.2) is 17.3 Å². The van der Waals surface area contributed by atoms with Gasteiger partial charge in [-0.15, -0.1) is 0 Å². The summed E-state index contributed by atoms with van der Waals surface area (Å²) in [5.41, 5.74) is -2.67. The van der Waals surface area contributed by atoms with Crippen molar-refractivity contribution < 1.29 is 22.8 Å². The molecule has 0 saturated heterocycles. The Labute approximate surface area is 159 Å². The van der Waals surface area contributed by atoms with Crippen LogP contribution in [0.2, 0.25) is 0 Å². The zero-order chi connectivity index (χ0) is 20.0. The van der Waals surface area contributed by atoms with Gasteiger partial charge in [-0.3, -0.25) is 9.59 Å². The second-order valence-corrected chi connectivity index (χ2v) is 7.24. The van der Waals surface area contributed by atoms with Crippen LogP contribution in [0.15, 0.2) is 53.4 Å². The van der Waals surface area contributed by atoms with Crippen LogP contribution >= 0.6 is 11.8 Å². The molecule has 144 valence electrons. The summed E-state index contributed by atoms with van der Waals surface area (Å²) in [5, 5.41) is 5.49. The van der Waals surface area contributed by atoms with E-state index < -0.39 is 11.4 Å². The van der Waals surface area contributed by atoms with Crippen LogP contribution in [0.5, 0.6) is 0 Å². The van der Waals surface area contributed by atoms with Crippen molar-refractivity contribution in [2.24, 2.45) is 5.92 Å². The average molecular weight is 396 g/mol. The van der Waals surface area contributed by atoms with Gasteiger partial charge in [0, 0.05) is 28.6 Å². The highest BCUT2D eigenvalue weighted by atomic mass is 32.2. The number of benzene rings is 2. The molecule has 0 spiro atoms. The van der Waals surface area contributed by atoms with Gasteiger partial charge in [0.2, 0.25) is 5.91 Å². The summed E-state index contributed by atoms with van der Waals surface area (Å²) in [4.78, 5) is 23.9. The lowest BCUT2D eigenvalue weighted by Gasteiger charge is -2.10. The van der Waals surface area contributed by atoms with Gasteiger partial charge in [-0.2, -0.15) is 13.2 Å². The summed E-state index contributed by atoms with van der Waals surface area (Å²) in [6.07, 6.45) is 0. The number of carbonyl (C=O) groups excluding carboxylic acids is 2. The molecule has 0 unspecified atom stereocenters. The Bertz CT molecular complexity index is 805. The maximum Gasteiger partial charge on any atom is 0.446 e. The average Bonchev–Trinajstić information content (AvgIpc) is 2.59. The van der Waals surface area contributed by atoms with Crippen LogP contribution in [-0.2, 0) is 11.3 Å². The quantitative estimate of drug-likeness (QED) is 0.688. The van der Waals surface area contributed by atoms with E-state index in [9.17, 15) is 22.8 Å². The molecule has 0 aliphatic heterocycles. The lowest BCUT2D eigenvalue weighted by atomic mass is 10.1. The monoisotopic (exact) mass is 396 g/mol. The van der Waals surface area contributed by atoms with Crippen LogP contribution in [0, 0.1) is 5.92 Å². The predicted octanol–water partition coefficient (Wildman–Crippen LogP) is 4.82. The molecule has 2 amide bonds. The van der Waals surface area contributed by atoms with Crippen LogP contribution < -0.4 is 10.6 Å². The molecule has 0 heterocycles. The molecule has 0 radical (unpaired) electrons. The van der Waals surface area contributed by atoms with Gasteiger partial charge >= 0.3 is 5.51 Å². The lowest BCUT2D eigenvalue weighted by Crippen LogP contribution is -2.23. The number of nitrogens with one attached hydrogen (secondary N) is 2. The van der Waals surface area contributed by atoms with Crippen molar-refractivity contribution in [3.63, 3.8) is 0 Å². The fourth-order valence-electron chi connectivity index (χ4n) is 2.14. The minimum absolute atomic E-state index is 0.0210. The number of anilines is 1. The van der Waals surface area contributed by atoms with Gasteiger partial charge in [-0.05, 0) is 53.7 Å². The van der Waals surface area contributed by atoms with Crippen LogP contribution in [0.25, 0.3) is 0 Å². The summed E-state index contributed by atoms with van der Waals surface area (Å²) in [6, 6.07) is 12.3. The SMILES string of the molecule is CC(C)C(=O)Nc1cccc(CNC(=O)c2ccc(SC(F)(F)F)cc2)c1. The fourth-order valence-corrected chi connectivity index (χ4v) is 2.68. The van der Waals surface area contributed by atoms with E-state index in [1.807, 2.05) is 0 Å². The second kappa shape index (κ2) is 8.94. The van der Waals surface area contributed by atoms with E-state index >= 15 is 0 Å². The number of thioether (sulfide) groups is 1. The lowest BCUT2D eigenvalue weighted by molar-refractivity contribution is -0.118. The number of rotatable bonds is 6. The normalized spacial score (nSPS) is 11.3. The number of carbonyl (C=O) groups is 2. The predicted molar refractivity (Wildman–Crippen MR) is 99.4 cm³/mol. The van der Waals surface area contributed by atoms with E-state index in [2.05, 4.69) is 10.6 Å². The number of alkyl halides is 3. The Hall–Kier alpha value is -2.48. The third-order valence-electron chi connectivity index (χ3n) is 3.52. The van der Waals surface area contributed by atoms with Crippen LogP contribution in [0.4, 0.5) is 18.9 Å². The molecule has 0 fully saturated rings. The third-order valence-corrected chi connectivity index (χ3v) is 4.26. The van der Waals surface area contributed by atoms with E-state index in [0.29, 0.717) is 5.69 Å². The summed E-state index contributed by atoms with van der Waals surface area (Å²) in [6.45, 7) is 3.80. The zero-order valence-electron chi connectivity index (χ0n) is 14.8. The second-order valence-electron chi connectivity index (χ2n) is 6.10. The van der Waals surface area contributed by atoms with Crippen molar-refractivity contribution in [3.8, 4) is 0 Å². The summed E-state index contributed by atoms with van der Waals surface area (Å²) < 4.78 is 37.0. The first-order valence-corrected chi connectivity index (χ1v) is 8.99. The summed E-state index contributed by atoms with van der Waals surface area (Å²) in [5.74, 6) is -0.644.